The van der Waals surface area contributed by atoms with Gasteiger partial charge in [0.25, 0.3) is 0 Å². The first-order chi connectivity index (χ1) is 6.86. The summed E-state index contributed by atoms with van der Waals surface area (Å²) in [5, 5.41) is 11.5. The van der Waals surface area contributed by atoms with Gasteiger partial charge in [0.2, 0.25) is 0 Å². The highest BCUT2D eigenvalue weighted by Crippen LogP contribution is 2.29. The summed E-state index contributed by atoms with van der Waals surface area (Å²) in [4.78, 5) is 7.21. The van der Waals surface area contributed by atoms with Crippen LogP contribution in [0.2, 0.25) is 0 Å². The number of aromatic hydroxyl groups is 1. The highest BCUT2D eigenvalue weighted by Gasteiger charge is 2.05. The molecular weight excluding hydrogens is 176 g/mol. The molecule has 14 heavy (non-hydrogen) atoms. The molecule has 0 saturated heterocycles. The van der Waals surface area contributed by atoms with Crippen molar-refractivity contribution in [1.82, 2.24) is 9.97 Å². The fraction of sp³-hybridized carbons (Fsp3) is 0. The molecule has 2 aromatic carbocycles. The Morgan fingerprint density at radius 2 is 2.07 bits per heavy atom. The maximum Gasteiger partial charge on any atom is 0.125 e. The molecule has 0 radical (unpaired) electrons. The van der Waals surface area contributed by atoms with E-state index in [4.69, 9.17) is 0 Å². The van der Waals surface area contributed by atoms with Gasteiger partial charge in [-0.1, -0.05) is 18.2 Å². The average Bonchev–Trinajstić information content (AvgIpc) is 2.65. The van der Waals surface area contributed by atoms with Gasteiger partial charge in [0.1, 0.15) is 5.75 Å². The summed E-state index contributed by atoms with van der Waals surface area (Å²) in [6, 6.07) is 9.40. The van der Waals surface area contributed by atoms with Crippen LogP contribution in [-0.4, -0.2) is 15.1 Å². The van der Waals surface area contributed by atoms with E-state index < -0.39 is 0 Å². The number of H-pyrrole nitrogens is 1. The monoisotopic (exact) mass is 184 g/mol. The Morgan fingerprint density at radius 3 is 3.00 bits per heavy atom. The topological polar surface area (TPSA) is 48.9 Å². The Bertz CT molecular complexity index is 613. The van der Waals surface area contributed by atoms with Crippen molar-refractivity contribution in [2.24, 2.45) is 0 Å². The van der Waals surface area contributed by atoms with E-state index >= 15 is 0 Å². The highest BCUT2D eigenvalue weighted by molar-refractivity contribution is 6.07. The molecule has 0 unspecified atom stereocenters. The predicted octanol–water partition coefficient (Wildman–Crippen LogP) is 2.42. The van der Waals surface area contributed by atoms with Crippen LogP contribution in [0.15, 0.2) is 36.7 Å². The van der Waals surface area contributed by atoms with E-state index in [1.54, 1.807) is 12.4 Å². The molecule has 0 amide bonds. The van der Waals surface area contributed by atoms with Crippen molar-refractivity contribution in [3.63, 3.8) is 0 Å². The van der Waals surface area contributed by atoms with Gasteiger partial charge in [-0.3, -0.25) is 0 Å². The highest BCUT2D eigenvalue weighted by atomic mass is 16.3. The van der Waals surface area contributed by atoms with Crippen molar-refractivity contribution in [2.75, 3.05) is 0 Å². The number of phenolic OH excluding ortho intramolecular Hbond substituents is 1. The fourth-order valence-corrected chi connectivity index (χ4v) is 1.76. The van der Waals surface area contributed by atoms with Crippen LogP contribution >= 0.6 is 0 Å². The summed E-state index contributed by atoms with van der Waals surface area (Å²) < 4.78 is 0. The van der Waals surface area contributed by atoms with Crippen LogP contribution in [-0.2, 0) is 0 Å². The lowest BCUT2D eigenvalue weighted by molar-refractivity contribution is 0.482. The third kappa shape index (κ3) is 0.836. The Kier molecular flexibility index (Phi) is 1.31. The molecular formula is C11H8N2O. The van der Waals surface area contributed by atoms with E-state index in [1.165, 1.54) is 0 Å². The first-order valence-electron chi connectivity index (χ1n) is 4.40. The van der Waals surface area contributed by atoms with Crippen LogP contribution in [0, 0.1) is 0 Å². The molecule has 0 aliphatic rings. The van der Waals surface area contributed by atoms with Gasteiger partial charge in [-0.25, -0.2) is 4.98 Å². The molecule has 0 atom stereocenters. The Labute approximate surface area is 80.0 Å². The van der Waals surface area contributed by atoms with Gasteiger partial charge in [-0.2, -0.15) is 0 Å². The number of nitrogens with one attached hydrogen (secondary N) is 1. The fourth-order valence-electron chi connectivity index (χ4n) is 1.76. The lowest BCUT2D eigenvalue weighted by Crippen LogP contribution is -1.76. The minimum absolute atomic E-state index is 0.278. The predicted molar refractivity (Wildman–Crippen MR) is 55.3 cm³/mol. The number of phenols is 1. The number of rotatable bonds is 0. The smallest absolute Gasteiger partial charge is 0.125 e. The summed E-state index contributed by atoms with van der Waals surface area (Å²) in [5.74, 6) is 0.278. The zero-order chi connectivity index (χ0) is 9.54. The summed E-state index contributed by atoms with van der Waals surface area (Å²) in [6.45, 7) is 0. The third-order valence-electron chi connectivity index (χ3n) is 2.41. The summed E-state index contributed by atoms with van der Waals surface area (Å²) in [7, 11) is 0. The largest absolute Gasteiger partial charge is 0.507 e. The van der Waals surface area contributed by atoms with Gasteiger partial charge in [0, 0.05) is 0 Å². The number of aromatic amines is 1. The maximum absolute atomic E-state index is 9.73. The second kappa shape index (κ2) is 2.48. The van der Waals surface area contributed by atoms with Crippen LogP contribution in [0.5, 0.6) is 5.75 Å². The molecule has 68 valence electrons. The van der Waals surface area contributed by atoms with Gasteiger partial charge in [-0.15, -0.1) is 0 Å². The van der Waals surface area contributed by atoms with E-state index in [-0.39, 0.29) is 5.75 Å². The number of aromatic nitrogens is 2. The van der Waals surface area contributed by atoms with Crippen molar-refractivity contribution in [3.05, 3.63) is 36.7 Å². The quantitative estimate of drug-likeness (QED) is 0.563. The van der Waals surface area contributed by atoms with Gasteiger partial charge >= 0.3 is 0 Å². The molecule has 0 fully saturated rings. The maximum atomic E-state index is 9.73. The summed E-state index contributed by atoms with van der Waals surface area (Å²) in [5.41, 5.74) is 1.76. The van der Waals surface area contributed by atoms with Crippen LogP contribution in [0.4, 0.5) is 0 Å². The molecule has 2 N–H and O–H groups in total. The van der Waals surface area contributed by atoms with Crippen LogP contribution < -0.4 is 0 Å². The molecule has 0 saturated carbocycles. The van der Waals surface area contributed by atoms with Crippen LogP contribution in [0.1, 0.15) is 0 Å². The third-order valence-corrected chi connectivity index (χ3v) is 2.41. The molecule has 0 bridgehead atoms. The van der Waals surface area contributed by atoms with Crippen molar-refractivity contribution < 1.29 is 5.11 Å². The van der Waals surface area contributed by atoms with Gasteiger partial charge in [-0.05, 0) is 17.5 Å². The molecule has 0 aliphatic heterocycles. The molecule has 3 nitrogen and oxygen atoms in total. The van der Waals surface area contributed by atoms with E-state index in [0.717, 1.165) is 21.8 Å². The molecule has 0 spiro atoms. The number of hydrogen-bond acceptors (Lipinski definition) is 2. The Morgan fingerprint density at radius 1 is 1.14 bits per heavy atom. The molecule has 3 rings (SSSR count). The number of hydrogen-bond donors (Lipinski definition) is 2. The Balaban J connectivity index is 2.67. The number of benzene rings is 2. The lowest BCUT2D eigenvalue weighted by atomic mass is 10.1. The zero-order valence-electron chi connectivity index (χ0n) is 7.36. The summed E-state index contributed by atoms with van der Waals surface area (Å²) in [6.07, 6.45) is 1.64. The van der Waals surface area contributed by atoms with E-state index in [2.05, 4.69) is 9.97 Å². The first kappa shape index (κ1) is 7.38. The normalized spacial score (nSPS) is 11.1. The minimum atomic E-state index is 0.278. The van der Waals surface area contributed by atoms with E-state index in [1.807, 2.05) is 24.3 Å². The van der Waals surface area contributed by atoms with Gasteiger partial charge in [0.15, 0.2) is 0 Å². The zero-order valence-corrected chi connectivity index (χ0v) is 7.36. The molecule has 1 aromatic heterocycles. The van der Waals surface area contributed by atoms with Crippen molar-refractivity contribution in [2.45, 2.75) is 0 Å². The van der Waals surface area contributed by atoms with Crippen molar-refractivity contribution in [3.8, 4) is 5.75 Å². The number of nitrogens with zero attached hydrogens (tertiary/aromatic N) is 1. The summed E-state index contributed by atoms with van der Waals surface area (Å²) >= 11 is 0. The molecule has 1 heterocycles. The van der Waals surface area contributed by atoms with Crippen molar-refractivity contribution >= 4 is 21.8 Å². The Hall–Kier alpha value is -2.03. The lowest BCUT2D eigenvalue weighted by Gasteiger charge is -2.00. The van der Waals surface area contributed by atoms with E-state index in [0.29, 0.717) is 0 Å². The van der Waals surface area contributed by atoms with Crippen molar-refractivity contribution in [1.29, 1.82) is 0 Å². The molecule has 3 heteroatoms. The standard InChI is InChI=1S/C11H8N2O/c14-9-3-1-2-7-4-5-8-11(10(7)9)13-6-12-8/h1-6,14H,(H,12,13). The molecule has 3 aromatic rings. The van der Waals surface area contributed by atoms with Crippen LogP contribution in [0.3, 0.4) is 0 Å². The average molecular weight is 184 g/mol. The van der Waals surface area contributed by atoms with E-state index in [9.17, 15) is 5.11 Å². The molecule has 0 aliphatic carbocycles. The van der Waals surface area contributed by atoms with Gasteiger partial charge < -0.3 is 10.1 Å². The second-order valence-corrected chi connectivity index (χ2v) is 3.24. The SMILES string of the molecule is Oc1cccc2ccc3[nH]cnc3c12. The number of imidazole rings is 1. The number of fused-ring (bicyclic) bond motifs is 3. The first-order valence-corrected chi connectivity index (χ1v) is 4.40. The minimum Gasteiger partial charge on any atom is -0.507 e. The van der Waals surface area contributed by atoms with Crippen LogP contribution in [0.25, 0.3) is 21.8 Å². The second-order valence-electron chi connectivity index (χ2n) is 3.24. The van der Waals surface area contributed by atoms with Gasteiger partial charge in [0.05, 0.1) is 22.7 Å².